The average molecular weight is 430 g/mol. The standard InChI is InChI=1S/C19H16FN5O2S2/c1-26-16-8-4-7-15(17(16)27-2)18-21-13(10-28-18)11-29-19-22-23-24-25(19)14-6-3-5-12(20)9-14/h3-10H,11H2,1-2H3. The maximum atomic E-state index is 13.5. The van der Waals surface area contributed by atoms with Gasteiger partial charge in [0.05, 0.1) is 31.2 Å². The van der Waals surface area contributed by atoms with E-state index in [0.717, 1.165) is 16.3 Å². The molecule has 7 nitrogen and oxygen atoms in total. The number of para-hydroxylation sites is 1. The van der Waals surface area contributed by atoms with Gasteiger partial charge in [-0.25, -0.2) is 9.37 Å². The lowest BCUT2D eigenvalue weighted by atomic mass is 10.2. The van der Waals surface area contributed by atoms with Crippen LogP contribution >= 0.6 is 23.1 Å². The Bertz CT molecular complexity index is 1130. The first-order valence-electron chi connectivity index (χ1n) is 8.52. The molecular formula is C19H16FN5O2S2. The van der Waals surface area contributed by atoms with Crippen LogP contribution in [0.25, 0.3) is 16.3 Å². The molecule has 0 spiro atoms. The lowest BCUT2D eigenvalue weighted by Gasteiger charge is -2.10. The van der Waals surface area contributed by atoms with Crippen molar-refractivity contribution >= 4 is 23.1 Å². The second kappa shape index (κ2) is 8.58. The fourth-order valence-electron chi connectivity index (χ4n) is 2.73. The molecule has 0 unspecified atom stereocenters. The van der Waals surface area contributed by atoms with Crippen molar-refractivity contribution in [2.24, 2.45) is 0 Å². The lowest BCUT2D eigenvalue weighted by Crippen LogP contribution is -1.99. The van der Waals surface area contributed by atoms with E-state index in [1.54, 1.807) is 26.4 Å². The zero-order valence-corrected chi connectivity index (χ0v) is 17.2. The summed E-state index contributed by atoms with van der Waals surface area (Å²) in [5.74, 6) is 1.53. The summed E-state index contributed by atoms with van der Waals surface area (Å²) in [6.07, 6.45) is 0. The minimum absolute atomic E-state index is 0.342. The normalized spacial score (nSPS) is 10.9. The number of methoxy groups -OCH3 is 2. The van der Waals surface area contributed by atoms with Crippen molar-refractivity contribution < 1.29 is 13.9 Å². The number of nitrogens with zero attached hydrogens (tertiary/aromatic N) is 5. The summed E-state index contributed by atoms with van der Waals surface area (Å²) in [7, 11) is 3.21. The molecule has 0 aliphatic heterocycles. The monoisotopic (exact) mass is 429 g/mol. The number of tetrazole rings is 1. The van der Waals surface area contributed by atoms with Gasteiger partial charge in [0.15, 0.2) is 11.5 Å². The molecule has 4 rings (SSSR count). The van der Waals surface area contributed by atoms with Crippen molar-refractivity contribution in [3.05, 3.63) is 59.4 Å². The van der Waals surface area contributed by atoms with Gasteiger partial charge in [-0.3, -0.25) is 0 Å². The Morgan fingerprint density at radius 2 is 2.00 bits per heavy atom. The van der Waals surface area contributed by atoms with Crippen molar-refractivity contribution in [1.29, 1.82) is 0 Å². The Morgan fingerprint density at radius 1 is 1.14 bits per heavy atom. The molecular weight excluding hydrogens is 413 g/mol. The van der Waals surface area contributed by atoms with E-state index in [1.807, 2.05) is 23.6 Å². The molecule has 0 bridgehead atoms. The molecule has 0 fully saturated rings. The minimum atomic E-state index is -0.342. The Hall–Kier alpha value is -2.98. The second-order valence-electron chi connectivity index (χ2n) is 5.83. The predicted molar refractivity (Wildman–Crippen MR) is 109 cm³/mol. The summed E-state index contributed by atoms with van der Waals surface area (Å²) in [5.41, 5.74) is 2.32. The van der Waals surface area contributed by atoms with Crippen LogP contribution in [-0.2, 0) is 5.75 Å². The highest BCUT2D eigenvalue weighted by atomic mass is 32.2. The number of ether oxygens (including phenoxy) is 2. The zero-order valence-electron chi connectivity index (χ0n) is 15.6. The maximum absolute atomic E-state index is 13.5. The number of aromatic nitrogens is 5. The Labute approximate surface area is 174 Å². The summed E-state index contributed by atoms with van der Waals surface area (Å²) < 4.78 is 25.9. The molecule has 0 aliphatic rings. The third-order valence-corrected chi connectivity index (χ3v) is 5.91. The number of hydrogen-bond donors (Lipinski definition) is 0. The molecule has 2 aromatic heterocycles. The van der Waals surface area contributed by atoms with Gasteiger partial charge in [0.25, 0.3) is 0 Å². The molecule has 0 atom stereocenters. The Morgan fingerprint density at radius 3 is 2.79 bits per heavy atom. The number of thioether (sulfide) groups is 1. The van der Waals surface area contributed by atoms with Crippen molar-refractivity contribution in [2.75, 3.05) is 14.2 Å². The first-order valence-corrected chi connectivity index (χ1v) is 10.4. The fraction of sp³-hybridized carbons (Fsp3) is 0.158. The highest BCUT2D eigenvalue weighted by Gasteiger charge is 2.16. The number of hydrogen-bond acceptors (Lipinski definition) is 8. The molecule has 2 aromatic carbocycles. The Balaban J connectivity index is 1.53. The second-order valence-corrected chi connectivity index (χ2v) is 7.63. The Kier molecular flexibility index (Phi) is 5.72. The highest BCUT2D eigenvalue weighted by Crippen LogP contribution is 2.39. The van der Waals surface area contributed by atoms with Crippen LogP contribution in [-0.4, -0.2) is 39.4 Å². The van der Waals surface area contributed by atoms with E-state index in [4.69, 9.17) is 14.5 Å². The summed E-state index contributed by atoms with van der Waals surface area (Å²) in [6.45, 7) is 0. The van der Waals surface area contributed by atoms with Gasteiger partial charge in [-0.2, -0.15) is 4.68 Å². The average Bonchev–Trinajstić information content (AvgIpc) is 3.41. The van der Waals surface area contributed by atoms with Crippen LogP contribution in [0.1, 0.15) is 5.69 Å². The van der Waals surface area contributed by atoms with E-state index >= 15 is 0 Å². The smallest absolute Gasteiger partial charge is 0.214 e. The van der Waals surface area contributed by atoms with E-state index in [9.17, 15) is 4.39 Å². The van der Waals surface area contributed by atoms with Crippen LogP contribution in [0.15, 0.2) is 53.0 Å². The van der Waals surface area contributed by atoms with Gasteiger partial charge in [-0.1, -0.05) is 23.9 Å². The van der Waals surface area contributed by atoms with Crippen LogP contribution < -0.4 is 9.47 Å². The molecule has 0 amide bonds. The predicted octanol–water partition coefficient (Wildman–Crippen LogP) is 4.23. The summed E-state index contributed by atoms with van der Waals surface area (Å²) in [5, 5.41) is 15.1. The number of benzene rings is 2. The van der Waals surface area contributed by atoms with Gasteiger partial charge in [0.2, 0.25) is 5.16 Å². The van der Waals surface area contributed by atoms with Gasteiger partial charge in [-0.15, -0.1) is 16.4 Å². The van der Waals surface area contributed by atoms with Crippen LogP contribution in [0.3, 0.4) is 0 Å². The first-order chi connectivity index (χ1) is 14.2. The first kappa shape index (κ1) is 19.3. The van der Waals surface area contributed by atoms with E-state index in [-0.39, 0.29) is 5.82 Å². The van der Waals surface area contributed by atoms with Crippen LogP contribution in [0.4, 0.5) is 4.39 Å². The molecule has 2 heterocycles. The van der Waals surface area contributed by atoms with Crippen molar-refractivity contribution in [1.82, 2.24) is 25.2 Å². The van der Waals surface area contributed by atoms with Crippen molar-refractivity contribution in [3.63, 3.8) is 0 Å². The topological polar surface area (TPSA) is 75.0 Å². The third-order valence-electron chi connectivity index (χ3n) is 4.03. The molecule has 4 aromatic rings. The molecule has 0 N–H and O–H groups in total. The third kappa shape index (κ3) is 4.08. The molecule has 0 saturated carbocycles. The van der Waals surface area contributed by atoms with E-state index in [1.165, 1.54) is 39.9 Å². The van der Waals surface area contributed by atoms with Gasteiger partial charge < -0.3 is 9.47 Å². The fourth-order valence-corrected chi connectivity index (χ4v) is 4.46. The SMILES string of the molecule is COc1cccc(-c2nc(CSc3nnnn3-c3cccc(F)c3)cs2)c1OC. The van der Waals surface area contributed by atoms with Crippen molar-refractivity contribution in [2.45, 2.75) is 10.9 Å². The number of thiazole rings is 1. The zero-order chi connectivity index (χ0) is 20.2. The molecule has 0 aliphatic carbocycles. The van der Waals surface area contributed by atoms with E-state index < -0.39 is 0 Å². The largest absolute Gasteiger partial charge is 0.493 e. The molecule has 0 saturated heterocycles. The van der Waals surface area contributed by atoms with Crippen LogP contribution in [0.5, 0.6) is 11.5 Å². The van der Waals surface area contributed by atoms with Gasteiger partial charge in [0.1, 0.15) is 10.8 Å². The maximum Gasteiger partial charge on any atom is 0.214 e. The molecule has 10 heteroatoms. The minimum Gasteiger partial charge on any atom is -0.493 e. The quantitative estimate of drug-likeness (QED) is 0.407. The molecule has 148 valence electrons. The summed E-state index contributed by atoms with van der Waals surface area (Å²) in [6, 6.07) is 11.8. The van der Waals surface area contributed by atoms with Gasteiger partial charge in [-0.05, 0) is 40.8 Å². The molecule has 29 heavy (non-hydrogen) atoms. The van der Waals surface area contributed by atoms with E-state index in [0.29, 0.717) is 28.1 Å². The van der Waals surface area contributed by atoms with Crippen LogP contribution in [0.2, 0.25) is 0 Å². The number of rotatable bonds is 7. The highest BCUT2D eigenvalue weighted by molar-refractivity contribution is 7.98. The number of halogens is 1. The van der Waals surface area contributed by atoms with Gasteiger partial charge in [0, 0.05) is 11.1 Å². The van der Waals surface area contributed by atoms with Gasteiger partial charge >= 0.3 is 0 Å². The van der Waals surface area contributed by atoms with Crippen molar-refractivity contribution in [3.8, 4) is 27.8 Å². The summed E-state index contributed by atoms with van der Waals surface area (Å²) >= 11 is 2.95. The van der Waals surface area contributed by atoms with E-state index in [2.05, 4.69) is 15.5 Å². The summed E-state index contributed by atoms with van der Waals surface area (Å²) in [4.78, 5) is 4.70. The lowest BCUT2D eigenvalue weighted by molar-refractivity contribution is 0.356. The molecule has 0 radical (unpaired) electrons. The van der Waals surface area contributed by atoms with Crippen LogP contribution in [0, 0.1) is 5.82 Å².